The van der Waals surface area contributed by atoms with Gasteiger partial charge in [0.1, 0.15) is 5.15 Å². The Balaban J connectivity index is 2.69. The fourth-order valence-electron chi connectivity index (χ4n) is 1.76. The summed E-state index contributed by atoms with van der Waals surface area (Å²) in [5.74, 6) is 0. The summed E-state index contributed by atoms with van der Waals surface area (Å²) in [5.41, 5.74) is 2.13. The molecule has 0 aliphatic carbocycles. The average molecular weight is 246 g/mol. The summed E-state index contributed by atoms with van der Waals surface area (Å²) >= 11 is 6.19. The van der Waals surface area contributed by atoms with Crippen LogP contribution in [0, 0.1) is 6.92 Å². The summed E-state index contributed by atoms with van der Waals surface area (Å²) in [5, 5.41) is 8.31. The van der Waals surface area contributed by atoms with Crippen molar-refractivity contribution >= 4 is 11.6 Å². The van der Waals surface area contributed by atoms with Gasteiger partial charge in [-0.25, -0.2) is 0 Å². The van der Waals surface area contributed by atoms with Crippen molar-refractivity contribution in [1.82, 2.24) is 15.1 Å². The molecule has 0 saturated heterocycles. The summed E-state index contributed by atoms with van der Waals surface area (Å²) in [6, 6.07) is 0.375. The zero-order valence-electron chi connectivity index (χ0n) is 10.4. The number of likely N-dealkylation sites (N-methyl/N-ethyl adjacent to an activating group) is 1. The zero-order chi connectivity index (χ0) is 12.1. The van der Waals surface area contributed by atoms with Gasteiger partial charge in [0.15, 0.2) is 0 Å². The van der Waals surface area contributed by atoms with Crippen LogP contribution in [-0.2, 0) is 18.2 Å². The van der Waals surface area contributed by atoms with E-state index in [0.29, 0.717) is 6.04 Å². The van der Waals surface area contributed by atoms with Gasteiger partial charge < -0.3 is 10.1 Å². The minimum atomic E-state index is 0.375. The molecule has 1 N–H and O–H groups in total. The van der Waals surface area contributed by atoms with Crippen LogP contribution in [0.1, 0.15) is 17.7 Å². The summed E-state index contributed by atoms with van der Waals surface area (Å²) in [4.78, 5) is 0. The van der Waals surface area contributed by atoms with E-state index < -0.39 is 0 Å². The van der Waals surface area contributed by atoms with E-state index in [-0.39, 0.29) is 0 Å². The minimum Gasteiger partial charge on any atom is -0.385 e. The Hall–Kier alpha value is -0.580. The van der Waals surface area contributed by atoms with E-state index in [1.54, 1.807) is 11.8 Å². The molecule has 1 aromatic rings. The monoisotopic (exact) mass is 245 g/mol. The first-order valence-electron chi connectivity index (χ1n) is 5.44. The fourth-order valence-corrected chi connectivity index (χ4v) is 2.01. The van der Waals surface area contributed by atoms with Crippen LogP contribution < -0.4 is 5.32 Å². The van der Waals surface area contributed by atoms with Gasteiger partial charge in [0.05, 0.1) is 5.69 Å². The van der Waals surface area contributed by atoms with Crippen LogP contribution in [0.25, 0.3) is 0 Å². The molecule has 0 amide bonds. The van der Waals surface area contributed by atoms with Crippen molar-refractivity contribution in [1.29, 1.82) is 0 Å². The van der Waals surface area contributed by atoms with Gasteiger partial charge in [0, 0.05) is 32.4 Å². The summed E-state index contributed by atoms with van der Waals surface area (Å²) in [7, 11) is 5.54. The highest BCUT2D eigenvalue weighted by atomic mass is 35.5. The molecule has 1 aromatic heterocycles. The molecule has 1 rings (SSSR count). The molecule has 0 spiro atoms. The topological polar surface area (TPSA) is 39.1 Å². The molecule has 4 nitrogen and oxygen atoms in total. The number of nitrogens with zero attached hydrogens (tertiary/aromatic N) is 2. The van der Waals surface area contributed by atoms with Crippen LogP contribution in [0.3, 0.4) is 0 Å². The highest BCUT2D eigenvalue weighted by Gasteiger charge is 2.15. The second-order valence-corrected chi connectivity index (χ2v) is 4.31. The standard InChI is InChI=1S/C11H20ClN3O/c1-8-10(11(12)15(3)14-8)7-9(13-2)5-6-16-4/h9,13H,5-7H2,1-4H3. The van der Waals surface area contributed by atoms with Crippen molar-refractivity contribution in [2.24, 2.45) is 7.05 Å². The van der Waals surface area contributed by atoms with Crippen LogP contribution in [0.2, 0.25) is 5.15 Å². The predicted octanol–water partition coefficient (Wildman–Crippen LogP) is 1.55. The molecule has 0 bridgehead atoms. The molecule has 1 heterocycles. The Labute approximate surface area is 102 Å². The number of methoxy groups -OCH3 is 1. The molecule has 0 saturated carbocycles. The van der Waals surface area contributed by atoms with E-state index in [2.05, 4.69) is 10.4 Å². The second-order valence-electron chi connectivity index (χ2n) is 3.95. The van der Waals surface area contributed by atoms with Gasteiger partial charge in [-0.1, -0.05) is 11.6 Å². The lowest BCUT2D eigenvalue weighted by Crippen LogP contribution is -2.29. The lowest BCUT2D eigenvalue weighted by molar-refractivity contribution is 0.184. The van der Waals surface area contributed by atoms with Crippen molar-refractivity contribution in [3.05, 3.63) is 16.4 Å². The normalized spacial score (nSPS) is 13.1. The molecular formula is C11H20ClN3O. The molecule has 0 aliphatic rings. The van der Waals surface area contributed by atoms with Gasteiger partial charge in [-0.3, -0.25) is 4.68 Å². The molecule has 92 valence electrons. The molecule has 1 atom stereocenters. The third-order valence-electron chi connectivity index (χ3n) is 2.80. The van der Waals surface area contributed by atoms with Gasteiger partial charge in [0.2, 0.25) is 0 Å². The van der Waals surface area contributed by atoms with Gasteiger partial charge in [-0.05, 0) is 26.8 Å². The Morgan fingerprint density at radius 1 is 1.56 bits per heavy atom. The smallest absolute Gasteiger partial charge is 0.130 e. The van der Waals surface area contributed by atoms with Crippen LogP contribution in [0.4, 0.5) is 0 Å². The summed E-state index contributed by atoms with van der Waals surface area (Å²) < 4.78 is 6.80. The van der Waals surface area contributed by atoms with Gasteiger partial charge >= 0.3 is 0 Å². The van der Waals surface area contributed by atoms with Crippen molar-refractivity contribution < 1.29 is 4.74 Å². The van der Waals surface area contributed by atoms with Gasteiger partial charge in [-0.15, -0.1) is 0 Å². The van der Waals surface area contributed by atoms with Gasteiger partial charge in [-0.2, -0.15) is 5.10 Å². The third-order valence-corrected chi connectivity index (χ3v) is 3.27. The fraction of sp³-hybridized carbons (Fsp3) is 0.727. The molecule has 16 heavy (non-hydrogen) atoms. The zero-order valence-corrected chi connectivity index (χ0v) is 11.1. The van der Waals surface area contributed by atoms with Crippen LogP contribution in [-0.4, -0.2) is 36.6 Å². The number of hydrogen-bond donors (Lipinski definition) is 1. The molecule has 0 radical (unpaired) electrons. The summed E-state index contributed by atoms with van der Waals surface area (Å²) in [6.45, 7) is 2.74. The molecule has 0 fully saturated rings. The van der Waals surface area contributed by atoms with Crippen LogP contribution >= 0.6 is 11.6 Å². The van der Waals surface area contributed by atoms with Crippen LogP contribution in [0.5, 0.6) is 0 Å². The Bertz CT molecular complexity index is 338. The molecule has 5 heteroatoms. The van der Waals surface area contributed by atoms with Crippen molar-refractivity contribution in [3.63, 3.8) is 0 Å². The molecule has 0 aromatic carbocycles. The lowest BCUT2D eigenvalue weighted by atomic mass is 10.0. The molecule has 1 unspecified atom stereocenters. The Kier molecular flexibility index (Phi) is 5.25. The minimum absolute atomic E-state index is 0.375. The number of hydrogen-bond acceptors (Lipinski definition) is 3. The quantitative estimate of drug-likeness (QED) is 0.827. The van der Waals surface area contributed by atoms with E-state index >= 15 is 0 Å². The van der Waals surface area contributed by atoms with E-state index in [1.165, 1.54) is 0 Å². The Morgan fingerprint density at radius 2 is 2.25 bits per heavy atom. The van der Waals surface area contributed by atoms with Crippen molar-refractivity contribution in [2.75, 3.05) is 20.8 Å². The highest BCUT2D eigenvalue weighted by molar-refractivity contribution is 6.30. The first kappa shape index (κ1) is 13.5. The second kappa shape index (κ2) is 6.23. The van der Waals surface area contributed by atoms with Crippen molar-refractivity contribution in [2.45, 2.75) is 25.8 Å². The number of rotatable bonds is 6. The first-order valence-corrected chi connectivity index (χ1v) is 5.82. The molecule has 0 aliphatic heterocycles. The SMILES string of the molecule is CNC(CCOC)Cc1c(C)nn(C)c1Cl. The third kappa shape index (κ3) is 3.20. The average Bonchev–Trinajstić information content (AvgIpc) is 2.50. The van der Waals surface area contributed by atoms with Crippen LogP contribution in [0.15, 0.2) is 0 Å². The number of ether oxygens (including phenoxy) is 1. The number of halogens is 1. The van der Waals surface area contributed by atoms with E-state index in [4.69, 9.17) is 16.3 Å². The molecular weight excluding hydrogens is 226 g/mol. The maximum absolute atomic E-state index is 6.19. The van der Waals surface area contributed by atoms with E-state index in [9.17, 15) is 0 Å². The number of nitrogens with one attached hydrogen (secondary N) is 1. The van der Waals surface area contributed by atoms with E-state index in [1.807, 2.05) is 21.0 Å². The first-order chi connectivity index (χ1) is 7.60. The van der Waals surface area contributed by atoms with E-state index in [0.717, 1.165) is 35.9 Å². The Morgan fingerprint density at radius 3 is 2.69 bits per heavy atom. The number of aromatic nitrogens is 2. The van der Waals surface area contributed by atoms with Crippen molar-refractivity contribution in [3.8, 4) is 0 Å². The lowest BCUT2D eigenvalue weighted by Gasteiger charge is -2.15. The largest absolute Gasteiger partial charge is 0.385 e. The highest BCUT2D eigenvalue weighted by Crippen LogP contribution is 2.20. The summed E-state index contributed by atoms with van der Waals surface area (Å²) in [6.07, 6.45) is 1.86. The van der Waals surface area contributed by atoms with Gasteiger partial charge in [0.25, 0.3) is 0 Å². The maximum Gasteiger partial charge on any atom is 0.130 e. The number of aryl methyl sites for hydroxylation is 2. The predicted molar refractivity (Wildman–Crippen MR) is 66.0 cm³/mol. The maximum atomic E-state index is 6.19.